The molecule has 0 spiro atoms. The third-order valence-corrected chi connectivity index (χ3v) is 2.23. The summed E-state index contributed by atoms with van der Waals surface area (Å²) in [5, 5.41) is 4.24. The number of hydrogen-bond donors (Lipinski definition) is 0. The predicted molar refractivity (Wildman–Crippen MR) is 64.8 cm³/mol. The molecular weight excluding hydrogens is 203 g/mol. The van der Waals surface area contributed by atoms with Crippen LogP contribution in [0.1, 0.15) is 17.7 Å². The van der Waals surface area contributed by atoms with E-state index < -0.39 is 0 Å². The van der Waals surface area contributed by atoms with Crippen LogP contribution < -0.4 is 0 Å². The standard InChI is InChI=1S/C13H17FN2/c1-4-7-13(14)9-6-5-8-12-10-16(3)15-11(12)2/h4-7,10H,1,8-9H2,2-3H3/b6-5-,13-7+. The third kappa shape index (κ3) is 3.85. The summed E-state index contributed by atoms with van der Waals surface area (Å²) in [5.41, 5.74) is 2.20. The summed E-state index contributed by atoms with van der Waals surface area (Å²) in [7, 11) is 1.90. The zero-order chi connectivity index (χ0) is 12.0. The molecule has 0 N–H and O–H groups in total. The van der Waals surface area contributed by atoms with Crippen LogP contribution in [0.15, 0.2) is 42.9 Å². The zero-order valence-corrected chi connectivity index (χ0v) is 9.78. The van der Waals surface area contributed by atoms with E-state index in [1.165, 1.54) is 17.7 Å². The molecule has 0 saturated heterocycles. The van der Waals surface area contributed by atoms with Gasteiger partial charge in [0.15, 0.2) is 0 Å². The van der Waals surface area contributed by atoms with Gasteiger partial charge in [-0.3, -0.25) is 4.68 Å². The van der Waals surface area contributed by atoms with Crippen LogP contribution in [0, 0.1) is 6.92 Å². The molecule has 1 heterocycles. The fraction of sp³-hybridized carbons (Fsp3) is 0.308. The molecule has 0 amide bonds. The van der Waals surface area contributed by atoms with Crippen molar-refractivity contribution in [2.45, 2.75) is 19.8 Å². The van der Waals surface area contributed by atoms with Crippen LogP contribution in [0.4, 0.5) is 4.39 Å². The predicted octanol–water partition coefficient (Wildman–Crippen LogP) is 3.26. The summed E-state index contributed by atoms with van der Waals surface area (Å²) >= 11 is 0. The van der Waals surface area contributed by atoms with Crippen LogP contribution in [0.5, 0.6) is 0 Å². The molecule has 0 aromatic carbocycles. The van der Waals surface area contributed by atoms with Gasteiger partial charge in [-0.15, -0.1) is 0 Å². The molecule has 0 fully saturated rings. The second kappa shape index (κ2) is 6.05. The minimum Gasteiger partial charge on any atom is -0.275 e. The average molecular weight is 220 g/mol. The molecule has 2 nitrogen and oxygen atoms in total. The van der Waals surface area contributed by atoms with Crippen LogP contribution in [0.25, 0.3) is 0 Å². The van der Waals surface area contributed by atoms with E-state index in [-0.39, 0.29) is 5.83 Å². The lowest BCUT2D eigenvalue weighted by atomic mass is 10.2. The molecule has 0 aliphatic heterocycles. The van der Waals surface area contributed by atoms with Gasteiger partial charge in [0.05, 0.1) is 5.69 Å². The van der Waals surface area contributed by atoms with Gasteiger partial charge in [0, 0.05) is 19.7 Å². The normalized spacial score (nSPS) is 12.3. The van der Waals surface area contributed by atoms with Gasteiger partial charge in [0.25, 0.3) is 0 Å². The lowest BCUT2D eigenvalue weighted by molar-refractivity contribution is 0.618. The minimum absolute atomic E-state index is 0.172. The first-order chi connectivity index (χ1) is 7.63. The first kappa shape index (κ1) is 12.4. The number of aryl methyl sites for hydroxylation is 2. The number of hydrogen-bond acceptors (Lipinski definition) is 1. The molecule has 16 heavy (non-hydrogen) atoms. The summed E-state index contributed by atoms with van der Waals surface area (Å²) in [6.45, 7) is 5.41. The monoisotopic (exact) mass is 220 g/mol. The van der Waals surface area contributed by atoms with E-state index in [1.807, 2.05) is 32.3 Å². The molecule has 0 unspecified atom stereocenters. The number of aromatic nitrogens is 2. The lowest BCUT2D eigenvalue weighted by Crippen LogP contribution is -1.86. The van der Waals surface area contributed by atoms with Gasteiger partial charge in [-0.05, 0) is 25.0 Å². The van der Waals surface area contributed by atoms with Gasteiger partial charge in [0.1, 0.15) is 5.83 Å². The van der Waals surface area contributed by atoms with Crippen molar-refractivity contribution < 1.29 is 4.39 Å². The van der Waals surface area contributed by atoms with Crippen molar-refractivity contribution in [1.29, 1.82) is 0 Å². The van der Waals surface area contributed by atoms with Crippen LogP contribution in [0.3, 0.4) is 0 Å². The third-order valence-electron chi connectivity index (χ3n) is 2.23. The molecule has 0 saturated carbocycles. The van der Waals surface area contributed by atoms with Crippen molar-refractivity contribution in [1.82, 2.24) is 9.78 Å². The van der Waals surface area contributed by atoms with Crippen LogP contribution in [-0.4, -0.2) is 9.78 Å². The Bertz CT molecular complexity index is 414. The highest BCUT2D eigenvalue weighted by molar-refractivity contribution is 5.19. The SMILES string of the molecule is C=C/C=C(/F)C/C=C\Cc1cn(C)nc1C. The first-order valence-electron chi connectivity index (χ1n) is 5.24. The summed E-state index contributed by atoms with van der Waals surface area (Å²) < 4.78 is 14.7. The smallest absolute Gasteiger partial charge is 0.104 e. The number of rotatable bonds is 5. The highest BCUT2D eigenvalue weighted by atomic mass is 19.1. The topological polar surface area (TPSA) is 17.8 Å². The van der Waals surface area contributed by atoms with Crippen LogP contribution in [0.2, 0.25) is 0 Å². The fourth-order valence-corrected chi connectivity index (χ4v) is 1.45. The molecule has 0 aliphatic carbocycles. The van der Waals surface area contributed by atoms with Crippen molar-refractivity contribution in [3.05, 3.63) is 54.2 Å². The summed E-state index contributed by atoms with van der Waals surface area (Å²) in [6, 6.07) is 0. The van der Waals surface area contributed by atoms with Gasteiger partial charge in [0.2, 0.25) is 0 Å². The Balaban J connectivity index is 2.46. The molecule has 0 atom stereocenters. The van der Waals surface area contributed by atoms with E-state index in [1.54, 1.807) is 4.68 Å². The summed E-state index contributed by atoms with van der Waals surface area (Å²) in [5.74, 6) is -0.172. The summed E-state index contributed by atoms with van der Waals surface area (Å²) in [6.07, 6.45) is 9.71. The first-order valence-corrected chi connectivity index (χ1v) is 5.24. The van der Waals surface area contributed by atoms with Crippen molar-refractivity contribution in [3.63, 3.8) is 0 Å². The fourth-order valence-electron chi connectivity index (χ4n) is 1.45. The molecule has 0 aliphatic rings. The molecule has 0 bridgehead atoms. The van der Waals surface area contributed by atoms with E-state index in [4.69, 9.17) is 0 Å². The minimum atomic E-state index is -0.172. The average Bonchev–Trinajstić information content (AvgIpc) is 2.53. The van der Waals surface area contributed by atoms with E-state index in [9.17, 15) is 4.39 Å². The highest BCUT2D eigenvalue weighted by Gasteiger charge is 1.99. The van der Waals surface area contributed by atoms with Crippen molar-refractivity contribution in [2.75, 3.05) is 0 Å². The molecule has 0 radical (unpaired) electrons. The number of nitrogens with zero attached hydrogens (tertiary/aromatic N) is 2. The van der Waals surface area contributed by atoms with Gasteiger partial charge in [-0.1, -0.05) is 24.8 Å². The van der Waals surface area contributed by atoms with Crippen molar-refractivity contribution in [2.24, 2.45) is 7.05 Å². The van der Waals surface area contributed by atoms with Gasteiger partial charge < -0.3 is 0 Å². The maximum Gasteiger partial charge on any atom is 0.104 e. The van der Waals surface area contributed by atoms with E-state index >= 15 is 0 Å². The van der Waals surface area contributed by atoms with Gasteiger partial charge in [-0.25, -0.2) is 4.39 Å². The zero-order valence-electron chi connectivity index (χ0n) is 9.78. The maximum absolute atomic E-state index is 12.9. The number of halogens is 1. The Morgan fingerprint density at radius 3 is 2.88 bits per heavy atom. The lowest BCUT2D eigenvalue weighted by Gasteiger charge is -1.91. The Labute approximate surface area is 95.8 Å². The highest BCUT2D eigenvalue weighted by Crippen LogP contribution is 2.08. The summed E-state index contributed by atoms with van der Waals surface area (Å²) in [4.78, 5) is 0. The van der Waals surface area contributed by atoms with Crippen molar-refractivity contribution >= 4 is 0 Å². The van der Waals surface area contributed by atoms with Gasteiger partial charge >= 0.3 is 0 Å². The molecule has 1 rings (SSSR count). The Kier molecular flexibility index (Phi) is 4.70. The quantitative estimate of drug-likeness (QED) is 0.550. The van der Waals surface area contributed by atoms with Crippen LogP contribution >= 0.6 is 0 Å². The second-order valence-corrected chi connectivity index (χ2v) is 3.64. The second-order valence-electron chi connectivity index (χ2n) is 3.64. The molecule has 3 heteroatoms. The molecule has 1 aromatic rings. The molecule has 1 aromatic heterocycles. The van der Waals surface area contributed by atoms with Gasteiger partial charge in [-0.2, -0.15) is 5.10 Å². The van der Waals surface area contributed by atoms with Crippen LogP contribution in [-0.2, 0) is 13.5 Å². The molecule has 86 valence electrons. The van der Waals surface area contributed by atoms with E-state index in [2.05, 4.69) is 11.7 Å². The van der Waals surface area contributed by atoms with E-state index in [0.29, 0.717) is 6.42 Å². The van der Waals surface area contributed by atoms with E-state index in [0.717, 1.165) is 12.1 Å². The number of allylic oxidation sites excluding steroid dienone is 5. The maximum atomic E-state index is 12.9. The Hall–Kier alpha value is -1.64. The largest absolute Gasteiger partial charge is 0.275 e. The Morgan fingerprint density at radius 2 is 2.31 bits per heavy atom. The Morgan fingerprint density at radius 1 is 1.56 bits per heavy atom. The van der Waals surface area contributed by atoms with Crippen molar-refractivity contribution in [3.8, 4) is 0 Å². The molecular formula is C13H17FN2.